The summed E-state index contributed by atoms with van der Waals surface area (Å²) in [5.41, 5.74) is 0.904. The highest BCUT2D eigenvalue weighted by atomic mass is 16.2. The van der Waals surface area contributed by atoms with Crippen LogP contribution in [0.5, 0.6) is 0 Å². The molecule has 5 fully saturated rings. The number of aromatic nitrogens is 1. The number of pyridine rings is 1. The number of piperidine rings is 1. The molecule has 0 unspecified atom stereocenters. The number of carbonyl (C=O) groups excluding carboxylic acids is 1. The van der Waals surface area contributed by atoms with Crippen LogP contribution in [0.15, 0.2) is 16.9 Å². The molecule has 1 amide bonds. The molecule has 0 aromatic carbocycles. The number of nitrogens with one attached hydrogen (secondary N) is 2. The SMILES string of the molecule is C[C@@H]1CCCN(Cc2ccc(C(=O)NCC3C4CC5CC(C4)CC3C5)c(=O)[nH]2)C1. The Kier molecular flexibility index (Phi) is 5.27. The highest BCUT2D eigenvalue weighted by Gasteiger charge is 2.47. The van der Waals surface area contributed by atoms with Crippen molar-refractivity contribution in [3.8, 4) is 0 Å². The van der Waals surface area contributed by atoms with Gasteiger partial charge in [0.25, 0.3) is 11.5 Å². The number of hydrogen-bond acceptors (Lipinski definition) is 3. The average molecular weight is 398 g/mol. The first-order valence-corrected chi connectivity index (χ1v) is 11.8. The van der Waals surface area contributed by atoms with Gasteiger partial charge in [-0.2, -0.15) is 0 Å². The van der Waals surface area contributed by atoms with Gasteiger partial charge < -0.3 is 10.3 Å². The van der Waals surface area contributed by atoms with Gasteiger partial charge in [-0.25, -0.2) is 0 Å². The molecule has 29 heavy (non-hydrogen) atoms. The Hall–Kier alpha value is -1.62. The van der Waals surface area contributed by atoms with Crippen LogP contribution in [0.25, 0.3) is 0 Å². The van der Waals surface area contributed by atoms with Crippen LogP contribution in [0.3, 0.4) is 0 Å². The topological polar surface area (TPSA) is 65.2 Å². The second-order valence-corrected chi connectivity index (χ2v) is 10.5. The van der Waals surface area contributed by atoms with Gasteiger partial charge in [0.15, 0.2) is 0 Å². The van der Waals surface area contributed by atoms with E-state index in [1.165, 1.54) is 44.9 Å². The standard InChI is InChI=1S/C24H35N3O2/c1-15-3-2-6-27(13-15)14-20-4-5-21(24(29)26-20)23(28)25-12-22-18-8-16-7-17(10-18)11-19(22)9-16/h4-5,15-19,22H,2-3,6-14H2,1H3,(H,25,28)(H,26,29)/t15-,16?,17?,18?,19?,22?/m1/s1. The fourth-order valence-corrected chi connectivity index (χ4v) is 7.13. The summed E-state index contributed by atoms with van der Waals surface area (Å²) < 4.78 is 0. The normalized spacial score (nSPS) is 36.3. The van der Waals surface area contributed by atoms with Crippen LogP contribution in [0, 0.1) is 35.5 Å². The number of rotatable bonds is 5. The first kappa shape index (κ1) is 19.3. The lowest BCUT2D eigenvalue weighted by Gasteiger charge is -2.54. The van der Waals surface area contributed by atoms with Crippen LogP contribution in [-0.4, -0.2) is 35.4 Å². The lowest BCUT2D eigenvalue weighted by Crippen LogP contribution is -2.49. The first-order valence-electron chi connectivity index (χ1n) is 11.8. The lowest BCUT2D eigenvalue weighted by atomic mass is 9.52. The van der Waals surface area contributed by atoms with E-state index in [2.05, 4.69) is 22.1 Å². The van der Waals surface area contributed by atoms with Crippen molar-refractivity contribution in [2.24, 2.45) is 35.5 Å². The van der Waals surface area contributed by atoms with Gasteiger partial charge in [0.1, 0.15) is 5.56 Å². The van der Waals surface area contributed by atoms with Crippen LogP contribution in [-0.2, 0) is 6.54 Å². The lowest BCUT2D eigenvalue weighted by molar-refractivity contribution is -0.0347. The van der Waals surface area contributed by atoms with Crippen LogP contribution < -0.4 is 10.9 Å². The third-order valence-corrected chi connectivity index (χ3v) is 8.27. The quantitative estimate of drug-likeness (QED) is 0.800. The molecule has 1 aromatic heterocycles. The molecule has 4 aliphatic carbocycles. The van der Waals surface area contributed by atoms with E-state index >= 15 is 0 Å². The highest BCUT2D eigenvalue weighted by Crippen LogP contribution is 2.56. The molecule has 1 aliphatic heterocycles. The molecule has 0 radical (unpaired) electrons. The highest BCUT2D eigenvalue weighted by molar-refractivity contribution is 5.93. The summed E-state index contributed by atoms with van der Waals surface area (Å²) in [7, 11) is 0. The zero-order valence-electron chi connectivity index (χ0n) is 17.7. The zero-order chi connectivity index (χ0) is 20.0. The number of nitrogens with zero attached hydrogens (tertiary/aromatic N) is 1. The number of amides is 1. The summed E-state index contributed by atoms with van der Waals surface area (Å²) in [5, 5.41) is 3.11. The van der Waals surface area contributed by atoms with Gasteiger partial charge in [-0.15, -0.1) is 0 Å². The van der Waals surface area contributed by atoms with Gasteiger partial charge in [0, 0.05) is 25.3 Å². The van der Waals surface area contributed by atoms with Crippen molar-refractivity contribution in [2.45, 2.75) is 58.4 Å². The molecule has 4 bridgehead atoms. The number of hydrogen-bond donors (Lipinski definition) is 2. The van der Waals surface area contributed by atoms with Crippen molar-refractivity contribution in [2.75, 3.05) is 19.6 Å². The first-order chi connectivity index (χ1) is 14.0. The van der Waals surface area contributed by atoms with Gasteiger partial charge >= 0.3 is 0 Å². The fraction of sp³-hybridized carbons (Fsp3) is 0.750. The van der Waals surface area contributed by atoms with E-state index in [-0.39, 0.29) is 17.0 Å². The van der Waals surface area contributed by atoms with Crippen LogP contribution in [0.4, 0.5) is 0 Å². The van der Waals surface area contributed by atoms with E-state index in [1.54, 1.807) is 6.07 Å². The third-order valence-electron chi connectivity index (χ3n) is 8.27. The predicted octanol–water partition coefficient (Wildman–Crippen LogP) is 3.41. The van der Waals surface area contributed by atoms with E-state index in [4.69, 9.17) is 0 Å². The van der Waals surface area contributed by atoms with Gasteiger partial charge in [-0.05, 0) is 99.1 Å². The number of H-pyrrole nitrogens is 1. The molecule has 0 spiro atoms. The monoisotopic (exact) mass is 397 g/mol. The molecule has 158 valence electrons. The summed E-state index contributed by atoms with van der Waals surface area (Å²) in [4.78, 5) is 30.6. The molecule has 2 N–H and O–H groups in total. The van der Waals surface area contributed by atoms with Gasteiger partial charge in [-0.1, -0.05) is 6.92 Å². The Morgan fingerprint density at radius 3 is 2.52 bits per heavy atom. The minimum atomic E-state index is -0.254. The maximum Gasteiger partial charge on any atom is 0.261 e. The van der Waals surface area contributed by atoms with Crippen molar-refractivity contribution in [3.63, 3.8) is 0 Å². The number of likely N-dealkylation sites (tertiary alicyclic amines) is 1. The van der Waals surface area contributed by atoms with Crippen molar-refractivity contribution >= 4 is 5.91 Å². The minimum absolute atomic E-state index is 0.210. The van der Waals surface area contributed by atoms with Crippen LogP contribution in [0.1, 0.15) is 67.9 Å². The van der Waals surface area contributed by atoms with Crippen LogP contribution >= 0.6 is 0 Å². The Labute approximate surface area is 173 Å². The minimum Gasteiger partial charge on any atom is -0.352 e. The molecule has 1 aromatic rings. The third kappa shape index (κ3) is 4.03. The Balaban J connectivity index is 1.18. The average Bonchev–Trinajstić information content (AvgIpc) is 2.67. The summed E-state index contributed by atoms with van der Waals surface area (Å²) in [5.74, 6) is 4.60. The predicted molar refractivity (Wildman–Crippen MR) is 114 cm³/mol. The summed E-state index contributed by atoms with van der Waals surface area (Å²) in [6.07, 6.45) is 9.39. The Bertz CT molecular complexity index is 789. The zero-order valence-corrected chi connectivity index (χ0v) is 17.7. The van der Waals surface area contributed by atoms with Crippen molar-refractivity contribution in [1.29, 1.82) is 0 Å². The second kappa shape index (κ2) is 7.90. The van der Waals surface area contributed by atoms with E-state index in [1.807, 2.05) is 6.07 Å². The maximum atomic E-state index is 12.7. The summed E-state index contributed by atoms with van der Waals surface area (Å²) in [6.45, 7) is 5.94. The van der Waals surface area contributed by atoms with Gasteiger partial charge in [0.05, 0.1) is 0 Å². The van der Waals surface area contributed by atoms with Gasteiger partial charge in [0.2, 0.25) is 0 Å². The van der Waals surface area contributed by atoms with Crippen molar-refractivity contribution < 1.29 is 4.79 Å². The summed E-state index contributed by atoms with van der Waals surface area (Å²) >= 11 is 0. The van der Waals surface area contributed by atoms with Crippen molar-refractivity contribution in [1.82, 2.24) is 15.2 Å². The molecule has 5 nitrogen and oxygen atoms in total. The molecule has 1 atom stereocenters. The summed E-state index contributed by atoms with van der Waals surface area (Å²) in [6, 6.07) is 3.63. The molecular weight excluding hydrogens is 362 g/mol. The van der Waals surface area contributed by atoms with E-state index in [0.29, 0.717) is 11.8 Å². The smallest absolute Gasteiger partial charge is 0.261 e. The molecular formula is C24H35N3O2. The second-order valence-electron chi connectivity index (χ2n) is 10.5. The van der Waals surface area contributed by atoms with Crippen LogP contribution in [0.2, 0.25) is 0 Å². The van der Waals surface area contributed by atoms with E-state index in [0.717, 1.165) is 55.5 Å². The van der Waals surface area contributed by atoms with Gasteiger partial charge in [-0.3, -0.25) is 14.5 Å². The molecule has 5 heteroatoms. The Morgan fingerprint density at radius 2 is 1.86 bits per heavy atom. The van der Waals surface area contributed by atoms with Crippen molar-refractivity contribution in [3.05, 3.63) is 33.7 Å². The molecule has 6 rings (SSSR count). The molecule has 2 heterocycles. The Morgan fingerprint density at radius 1 is 1.14 bits per heavy atom. The molecule has 4 saturated carbocycles. The molecule has 1 saturated heterocycles. The van der Waals surface area contributed by atoms with E-state index < -0.39 is 0 Å². The number of carbonyl (C=O) groups is 1. The van der Waals surface area contributed by atoms with E-state index in [9.17, 15) is 9.59 Å². The number of aromatic amines is 1. The fourth-order valence-electron chi connectivity index (χ4n) is 7.13. The molecule has 5 aliphatic rings. The maximum absolute atomic E-state index is 12.7. The largest absolute Gasteiger partial charge is 0.352 e.